The highest BCUT2D eigenvalue weighted by molar-refractivity contribution is 6.09. The molecule has 1 heterocycles. The van der Waals surface area contributed by atoms with E-state index in [1.165, 1.54) is 11.0 Å². The summed E-state index contributed by atoms with van der Waals surface area (Å²) in [6, 6.07) is 16.4. The molecule has 4 nitrogen and oxygen atoms in total. The van der Waals surface area contributed by atoms with Crippen LogP contribution < -0.4 is 4.90 Å². The van der Waals surface area contributed by atoms with Gasteiger partial charge in [0.1, 0.15) is 0 Å². The standard InChI is InChI=1S/C19H17NO3/c1-20-17-10-6-5-9-16(17)19(23,18(20)22)13-15(21)12-11-14-7-3-2-4-8-14/h2-12,23H,13H2,1H3/b12-11+/t19-/m1/s1. The van der Waals surface area contributed by atoms with E-state index in [-0.39, 0.29) is 12.2 Å². The summed E-state index contributed by atoms with van der Waals surface area (Å²) in [6.45, 7) is 0. The van der Waals surface area contributed by atoms with Crippen LogP contribution in [0.1, 0.15) is 17.5 Å². The second-order valence-electron chi connectivity index (χ2n) is 5.63. The van der Waals surface area contributed by atoms with E-state index in [0.29, 0.717) is 11.3 Å². The Bertz CT molecular complexity index is 782. The predicted molar refractivity (Wildman–Crippen MR) is 88.8 cm³/mol. The maximum Gasteiger partial charge on any atom is 0.263 e. The topological polar surface area (TPSA) is 57.6 Å². The number of carbonyl (C=O) groups excluding carboxylic acids is 2. The molecule has 4 heteroatoms. The SMILES string of the molecule is CN1C(=O)[C@@](O)(CC(=O)/C=C/c2ccccc2)c2ccccc21. The fraction of sp³-hybridized carbons (Fsp3) is 0.158. The van der Waals surface area contributed by atoms with Crippen molar-refractivity contribution in [3.05, 3.63) is 71.8 Å². The Morgan fingerprint density at radius 1 is 1.13 bits per heavy atom. The second-order valence-corrected chi connectivity index (χ2v) is 5.63. The molecule has 0 fully saturated rings. The third kappa shape index (κ3) is 2.69. The van der Waals surface area contributed by atoms with Gasteiger partial charge in [-0.1, -0.05) is 54.6 Å². The number of amides is 1. The highest BCUT2D eigenvalue weighted by Crippen LogP contribution is 2.41. The Morgan fingerprint density at radius 3 is 2.52 bits per heavy atom. The van der Waals surface area contributed by atoms with Crippen LogP contribution in [0.2, 0.25) is 0 Å². The van der Waals surface area contributed by atoms with Crippen LogP contribution in [0, 0.1) is 0 Å². The fourth-order valence-corrected chi connectivity index (χ4v) is 2.85. The van der Waals surface area contributed by atoms with E-state index in [9.17, 15) is 14.7 Å². The van der Waals surface area contributed by atoms with Crippen molar-refractivity contribution in [1.29, 1.82) is 0 Å². The molecule has 1 aliphatic heterocycles. The summed E-state index contributed by atoms with van der Waals surface area (Å²) < 4.78 is 0. The van der Waals surface area contributed by atoms with Crippen molar-refractivity contribution in [3.8, 4) is 0 Å². The molecule has 116 valence electrons. The molecule has 23 heavy (non-hydrogen) atoms. The maximum absolute atomic E-state index is 12.4. The number of hydrogen-bond donors (Lipinski definition) is 1. The van der Waals surface area contributed by atoms with E-state index in [1.807, 2.05) is 30.3 Å². The summed E-state index contributed by atoms with van der Waals surface area (Å²) in [4.78, 5) is 26.0. The number of nitrogens with zero attached hydrogens (tertiary/aromatic N) is 1. The molecular weight excluding hydrogens is 290 g/mol. The first-order chi connectivity index (χ1) is 11.0. The van der Waals surface area contributed by atoms with Crippen molar-refractivity contribution in [2.24, 2.45) is 0 Å². The Hall–Kier alpha value is -2.72. The van der Waals surface area contributed by atoms with Gasteiger partial charge in [-0.25, -0.2) is 0 Å². The Morgan fingerprint density at radius 2 is 1.78 bits per heavy atom. The zero-order valence-electron chi connectivity index (χ0n) is 12.8. The lowest BCUT2D eigenvalue weighted by Gasteiger charge is -2.20. The molecule has 2 aromatic rings. The lowest BCUT2D eigenvalue weighted by molar-refractivity contribution is -0.140. The van der Waals surface area contributed by atoms with E-state index in [4.69, 9.17) is 0 Å². The Kier molecular flexibility index (Phi) is 3.84. The number of allylic oxidation sites excluding steroid dienone is 1. The normalized spacial score (nSPS) is 20.1. The molecule has 0 aromatic heterocycles. The van der Waals surface area contributed by atoms with Crippen molar-refractivity contribution in [1.82, 2.24) is 0 Å². The van der Waals surface area contributed by atoms with Crippen LogP contribution in [0.15, 0.2) is 60.7 Å². The Labute approximate surface area is 134 Å². The lowest BCUT2D eigenvalue weighted by atomic mass is 9.90. The first-order valence-electron chi connectivity index (χ1n) is 7.38. The van der Waals surface area contributed by atoms with Crippen molar-refractivity contribution in [2.75, 3.05) is 11.9 Å². The number of para-hydroxylation sites is 1. The quantitative estimate of drug-likeness (QED) is 0.883. The average molecular weight is 307 g/mol. The van der Waals surface area contributed by atoms with Gasteiger partial charge in [0.25, 0.3) is 5.91 Å². The highest BCUT2D eigenvalue weighted by atomic mass is 16.3. The zero-order chi connectivity index (χ0) is 16.4. The van der Waals surface area contributed by atoms with Gasteiger partial charge in [0.15, 0.2) is 11.4 Å². The maximum atomic E-state index is 12.4. The molecule has 0 saturated heterocycles. The first-order valence-corrected chi connectivity index (χ1v) is 7.38. The molecule has 0 aliphatic carbocycles. The predicted octanol–water partition coefficient (Wildman–Crippen LogP) is 2.52. The van der Waals surface area contributed by atoms with Crippen molar-refractivity contribution >= 4 is 23.5 Å². The van der Waals surface area contributed by atoms with Gasteiger partial charge >= 0.3 is 0 Å². The summed E-state index contributed by atoms with van der Waals surface area (Å²) in [5.74, 6) is -0.769. The number of fused-ring (bicyclic) bond motifs is 1. The van der Waals surface area contributed by atoms with Crippen LogP contribution in [0.25, 0.3) is 6.08 Å². The number of carbonyl (C=O) groups is 2. The number of likely N-dealkylation sites (N-methyl/N-ethyl adjacent to an activating group) is 1. The molecule has 2 aromatic carbocycles. The van der Waals surface area contributed by atoms with Gasteiger partial charge in [0, 0.05) is 12.6 Å². The molecule has 0 spiro atoms. The largest absolute Gasteiger partial charge is 0.375 e. The Balaban J connectivity index is 1.83. The first kappa shape index (κ1) is 15.2. The molecule has 0 bridgehead atoms. The molecule has 0 radical (unpaired) electrons. The van der Waals surface area contributed by atoms with Gasteiger partial charge in [-0.15, -0.1) is 0 Å². The minimum atomic E-state index is -1.79. The van der Waals surface area contributed by atoms with Crippen LogP contribution in [-0.4, -0.2) is 23.8 Å². The molecular formula is C19H17NO3. The van der Waals surface area contributed by atoms with Crippen LogP contribution >= 0.6 is 0 Å². The van der Waals surface area contributed by atoms with E-state index >= 15 is 0 Å². The molecule has 1 atom stereocenters. The van der Waals surface area contributed by atoms with Crippen LogP contribution in [0.4, 0.5) is 5.69 Å². The number of rotatable bonds is 4. The number of ketones is 1. The van der Waals surface area contributed by atoms with E-state index in [1.54, 1.807) is 37.4 Å². The third-order valence-corrected chi connectivity index (χ3v) is 4.06. The summed E-state index contributed by atoms with van der Waals surface area (Å²) in [7, 11) is 1.60. The summed E-state index contributed by atoms with van der Waals surface area (Å²) in [5, 5.41) is 10.8. The minimum Gasteiger partial charge on any atom is -0.375 e. The van der Waals surface area contributed by atoms with E-state index in [0.717, 1.165) is 5.56 Å². The molecule has 1 N–H and O–H groups in total. The second kappa shape index (κ2) is 5.82. The highest BCUT2D eigenvalue weighted by Gasteiger charge is 2.49. The van der Waals surface area contributed by atoms with Gasteiger partial charge in [0.2, 0.25) is 0 Å². The third-order valence-electron chi connectivity index (χ3n) is 4.06. The number of anilines is 1. The molecule has 0 unspecified atom stereocenters. The van der Waals surface area contributed by atoms with Crippen LogP contribution in [0.5, 0.6) is 0 Å². The number of benzene rings is 2. The van der Waals surface area contributed by atoms with Crippen molar-refractivity contribution < 1.29 is 14.7 Å². The summed E-state index contributed by atoms with van der Waals surface area (Å²) >= 11 is 0. The molecule has 0 saturated carbocycles. The average Bonchev–Trinajstić information content (AvgIpc) is 2.76. The van der Waals surface area contributed by atoms with Gasteiger partial charge in [-0.2, -0.15) is 0 Å². The smallest absolute Gasteiger partial charge is 0.263 e. The van der Waals surface area contributed by atoms with Crippen LogP contribution in [-0.2, 0) is 15.2 Å². The van der Waals surface area contributed by atoms with Crippen LogP contribution in [0.3, 0.4) is 0 Å². The van der Waals surface area contributed by atoms with Gasteiger partial charge in [0.05, 0.1) is 12.1 Å². The molecule has 1 amide bonds. The minimum absolute atomic E-state index is 0.267. The molecule has 3 rings (SSSR count). The zero-order valence-corrected chi connectivity index (χ0v) is 12.8. The number of hydrogen-bond acceptors (Lipinski definition) is 3. The van der Waals surface area contributed by atoms with Crippen molar-refractivity contribution in [3.63, 3.8) is 0 Å². The van der Waals surface area contributed by atoms with Crippen molar-refractivity contribution in [2.45, 2.75) is 12.0 Å². The molecule has 1 aliphatic rings. The summed E-state index contributed by atoms with van der Waals surface area (Å²) in [6.07, 6.45) is 2.82. The lowest BCUT2D eigenvalue weighted by Crippen LogP contribution is -2.40. The van der Waals surface area contributed by atoms with E-state index < -0.39 is 11.5 Å². The fourth-order valence-electron chi connectivity index (χ4n) is 2.85. The number of aliphatic hydroxyl groups is 1. The summed E-state index contributed by atoms with van der Waals surface area (Å²) in [5.41, 5.74) is 0.223. The van der Waals surface area contributed by atoms with Gasteiger partial charge < -0.3 is 10.0 Å². The monoisotopic (exact) mass is 307 g/mol. The van der Waals surface area contributed by atoms with Gasteiger partial charge in [-0.3, -0.25) is 9.59 Å². The van der Waals surface area contributed by atoms with E-state index in [2.05, 4.69) is 0 Å². The van der Waals surface area contributed by atoms with Gasteiger partial charge in [-0.05, 0) is 17.7 Å².